The van der Waals surface area contributed by atoms with Gasteiger partial charge in [-0.05, 0) is 91.4 Å². The maximum Gasteiger partial charge on any atom is 0.416 e. The Labute approximate surface area is 217 Å². The summed E-state index contributed by atoms with van der Waals surface area (Å²) >= 11 is 0. The Kier molecular flexibility index (Phi) is 4.40. The van der Waals surface area contributed by atoms with Crippen molar-refractivity contribution in [1.82, 2.24) is 4.90 Å². The summed E-state index contributed by atoms with van der Waals surface area (Å²) < 4.78 is 140. The molecule has 1 aliphatic carbocycles. The molecule has 1 saturated heterocycles. The summed E-state index contributed by atoms with van der Waals surface area (Å²) in [4.78, 5) is 5.31. The van der Waals surface area contributed by atoms with Crippen molar-refractivity contribution in [3.63, 3.8) is 0 Å². The maximum absolute atomic E-state index is 14.1. The van der Waals surface area contributed by atoms with Crippen LogP contribution in [0.15, 0.2) is 41.6 Å². The van der Waals surface area contributed by atoms with E-state index >= 15 is 0 Å². The minimum absolute atomic E-state index is 0.0723. The number of hydrogen-bond donors (Lipinski definition) is 0. The van der Waals surface area contributed by atoms with Crippen LogP contribution in [0, 0.1) is 0 Å². The first-order chi connectivity index (χ1) is 21.0. The molecule has 0 amide bonds. The molecule has 0 aromatic heterocycles. The Morgan fingerprint density at radius 1 is 1.15 bits per heavy atom. The van der Waals surface area contributed by atoms with E-state index in [1.807, 2.05) is 0 Å². The molecule has 0 spiro atoms. The zero-order valence-corrected chi connectivity index (χ0v) is 18.8. The van der Waals surface area contributed by atoms with Crippen LogP contribution in [0.1, 0.15) is 108 Å². The summed E-state index contributed by atoms with van der Waals surface area (Å²) in [5, 5.41) is 3.55. The van der Waals surface area contributed by atoms with Gasteiger partial charge in [0.05, 0.1) is 14.0 Å². The molecule has 1 aliphatic heterocycles. The van der Waals surface area contributed by atoms with Gasteiger partial charge in [0.1, 0.15) is 6.56 Å². The molecular weight excluding hydrogens is 437 g/mol. The number of oxime groups is 1. The highest BCUT2D eigenvalue weighted by molar-refractivity contribution is 5.98. The first-order valence-corrected chi connectivity index (χ1v) is 11.3. The number of alkyl halides is 3. The van der Waals surface area contributed by atoms with Gasteiger partial charge < -0.3 is 4.84 Å². The summed E-state index contributed by atoms with van der Waals surface area (Å²) in [5.41, 5.74) is -2.39. The standard InChI is InChI=1S/C28H35F3N2O/c1-3-22-17-24(11-12-25(22)18-33-14-7-15-33)20(2)32-34-19-21-10-13-26(23-8-5-4-6-9-23)27(16-21)28(29,30)31/h10-13,16-17,23H,3-9,14-15,18-19H2,1-2H3/b32-20+/i2D3,7D,14D2,15D2,18D2,19D2. The van der Waals surface area contributed by atoms with Gasteiger partial charge in [-0.3, -0.25) is 4.90 Å². The second-order valence-corrected chi connectivity index (χ2v) is 8.34. The van der Waals surface area contributed by atoms with Crippen LogP contribution in [-0.4, -0.2) is 23.6 Å². The Balaban J connectivity index is 1.70. The molecular formula is C28H35F3N2O. The topological polar surface area (TPSA) is 24.8 Å². The molecule has 2 aromatic rings. The lowest BCUT2D eigenvalue weighted by Crippen LogP contribution is -2.36. The largest absolute Gasteiger partial charge is 0.416 e. The van der Waals surface area contributed by atoms with Crippen LogP contribution in [0.5, 0.6) is 0 Å². The highest BCUT2D eigenvalue weighted by Crippen LogP contribution is 2.41. The van der Waals surface area contributed by atoms with Crippen LogP contribution in [0.4, 0.5) is 13.2 Å². The number of rotatable bonds is 8. The molecule has 4 rings (SSSR count). The Bertz CT molecular complexity index is 1450. The zero-order valence-electron chi connectivity index (χ0n) is 30.8. The van der Waals surface area contributed by atoms with Crippen LogP contribution in [0.2, 0.25) is 0 Å². The minimum Gasteiger partial charge on any atom is -0.391 e. The zero-order chi connectivity index (χ0) is 34.7. The van der Waals surface area contributed by atoms with E-state index in [4.69, 9.17) is 21.3 Å². The minimum atomic E-state index is -4.77. The predicted molar refractivity (Wildman–Crippen MR) is 130 cm³/mol. The fourth-order valence-electron chi connectivity index (χ4n) is 4.27. The van der Waals surface area contributed by atoms with Crippen molar-refractivity contribution in [1.29, 1.82) is 0 Å². The predicted octanol–water partition coefficient (Wildman–Crippen LogP) is 7.46. The summed E-state index contributed by atoms with van der Waals surface area (Å²) in [6.45, 7) is -12.5. The molecule has 2 fully saturated rings. The molecule has 2 aromatic carbocycles. The number of halogens is 3. The third-order valence-electron chi connectivity index (χ3n) is 6.08. The summed E-state index contributed by atoms with van der Waals surface area (Å²) in [6.07, 6.45) is -2.88. The molecule has 1 saturated carbocycles. The van der Waals surface area contributed by atoms with Gasteiger partial charge in [-0.1, -0.05) is 55.6 Å². The van der Waals surface area contributed by atoms with Crippen molar-refractivity contribution in [3.8, 4) is 0 Å². The van der Waals surface area contributed by atoms with Gasteiger partial charge in [-0.15, -0.1) is 0 Å². The first-order valence-electron chi connectivity index (χ1n) is 17.4. The lowest BCUT2D eigenvalue weighted by Gasteiger charge is -2.31. The highest BCUT2D eigenvalue weighted by atomic mass is 19.4. The molecule has 0 radical (unpaired) electrons. The maximum atomic E-state index is 14.1. The molecule has 6 heteroatoms. The van der Waals surface area contributed by atoms with Crippen LogP contribution < -0.4 is 0 Å². The van der Waals surface area contributed by atoms with Gasteiger partial charge in [0, 0.05) is 20.2 Å². The average molecular weight is 485 g/mol. The van der Waals surface area contributed by atoms with Crippen molar-refractivity contribution in [2.45, 2.75) is 83.8 Å². The fraction of sp³-hybridized carbons (Fsp3) is 0.536. The molecule has 0 bridgehead atoms. The molecule has 0 unspecified atom stereocenters. The summed E-state index contributed by atoms with van der Waals surface area (Å²) in [7, 11) is 0. The van der Waals surface area contributed by atoms with E-state index in [1.165, 1.54) is 18.2 Å². The highest BCUT2D eigenvalue weighted by Gasteiger charge is 2.35. The third kappa shape index (κ3) is 6.01. The quantitative estimate of drug-likeness (QED) is 0.287. The van der Waals surface area contributed by atoms with Gasteiger partial charge >= 0.3 is 6.18 Å². The lowest BCUT2D eigenvalue weighted by atomic mass is 9.81. The molecule has 1 heterocycles. The lowest BCUT2D eigenvalue weighted by molar-refractivity contribution is -0.138. The average Bonchev–Trinajstić information content (AvgIpc) is 2.95. The van der Waals surface area contributed by atoms with Gasteiger partial charge in [0.25, 0.3) is 0 Å². The first kappa shape index (κ1) is 13.7. The number of benzene rings is 2. The summed E-state index contributed by atoms with van der Waals surface area (Å²) in [5.74, 6) is -0.319. The molecule has 0 atom stereocenters. The van der Waals surface area contributed by atoms with Crippen molar-refractivity contribution < 1.29 is 34.5 Å². The van der Waals surface area contributed by atoms with Crippen LogP contribution >= 0.6 is 0 Å². The SMILES string of the molecule is [2H]C1C([2H])([2H])N(C([2H])([2H])c2ccc(/C(=N/OC([2H])([2H])c3ccc(C4CCCCC4)c(C(F)(F)F)c3)C([2H])([2H])[2H])cc2CC)C1([2H])[2H]. The van der Waals surface area contributed by atoms with Crippen molar-refractivity contribution in [2.75, 3.05) is 13.0 Å². The Morgan fingerprint density at radius 3 is 2.65 bits per heavy atom. The Morgan fingerprint density at radius 2 is 1.94 bits per heavy atom. The van der Waals surface area contributed by atoms with E-state index in [0.29, 0.717) is 23.8 Å². The smallest absolute Gasteiger partial charge is 0.391 e. The number of hydrogen-bond acceptors (Lipinski definition) is 3. The van der Waals surface area contributed by atoms with E-state index in [0.717, 1.165) is 31.4 Å². The van der Waals surface area contributed by atoms with Crippen LogP contribution in [0.25, 0.3) is 0 Å². The van der Waals surface area contributed by atoms with E-state index < -0.39 is 62.3 Å². The Hall–Kier alpha value is -2.34. The second-order valence-electron chi connectivity index (χ2n) is 8.34. The van der Waals surface area contributed by atoms with Crippen LogP contribution in [0.3, 0.4) is 0 Å². The molecule has 2 aliphatic rings. The van der Waals surface area contributed by atoms with Gasteiger partial charge in [0.15, 0.2) is 0 Å². The van der Waals surface area contributed by atoms with Crippen molar-refractivity contribution in [3.05, 3.63) is 69.8 Å². The molecule has 34 heavy (non-hydrogen) atoms. The van der Waals surface area contributed by atoms with Gasteiger partial charge in [-0.25, -0.2) is 0 Å². The number of nitrogens with zero attached hydrogens (tertiary/aromatic N) is 2. The van der Waals surface area contributed by atoms with Crippen LogP contribution in [-0.2, 0) is 30.5 Å². The monoisotopic (exact) mass is 484 g/mol. The normalized spacial score (nSPS) is 28.1. The molecule has 3 nitrogen and oxygen atoms in total. The number of aryl methyl sites for hydroxylation is 1. The van der Waals surface area contributed by atoms with E-state index in [-0.39, 0.29) is 34.6 Å². The van der Waals surface area contributed by atoms with Gasteiger partial charge in [-0.2, -0.15) is 13.2 Å². The molecule has 0 N–H and O–H groups in total. The van der Waals surface area contributed by atoms with E-state index in [1.54, 1.807) is 6.92 Å². The third-order valence-corrected chi connectivity index (χ3v) is 6.08. The van der Waals surface area contributed by atoms with E-state index in [2.05, 4.69) is 5.16 Å². The second kappa shape index (κ2) is 10.9. The van der Waals surface area contributed by atoms with Gasteiger partial charge in [0.2, 0.25) is 0 Å². The fourth-order valence-corrected chi connectivity index (χ4v) is 4.27. The number of likely N-dealkylation sites (tertiary alicyclic amines) is 1. The van der Waals surface area contributed by atoms with E-state index in [9.17, 15) is 13.2 Å². The molecule has 184 valence electrons. The van der Waals surface area contributed by atoms with Crippen molar-refractivity contribution >= 4 is 5.71 Å². The summed E-state index contributed by atoms with van der Waals surface area (Å²) in [6, 6.07) is 6.55. The van der Waals surface area contributed by atoms with Crippen molar-refractivity contribution in [2.24, 2.45) is 5.16 Å².